The molecule has 0 saturated carbocycles. The van der Waals surface area contributed by atoms with Crippen LogP contribution in [0.3, 0.4) is 0 Å². The first kappa shape index (κ1) is 14.4. The maximum absolute atomic E-state index is 13.3. The minimum atomic E-state index is -1.17. The van der Waals surface area contributed by atoms with E-state index in [0.717, 1.165) is 6.07 Å². The molecule has 0 fully saturated rings. The number of hydrogen-bond acceptors (Lipinski definition) is 3. The van der Waals surface area contributed by atoms with Crippen LogP contribution in [0.2, 0.25) is 0 Å². The zero-order valence-corrected chi connectivity index (χ0v) is 10.1. The summed E-state index contributed by atoms with van der Waals surface area (Å²) in [6, 6.07) is 3.55. The number of carbonyl (C=O) groups is 2. The third-order valence-electron chi connectivity index (χ3n) is 2.39. The molecule has 1 rings (SSSR count). The van der Waals surface area contributed by atoms with Crippen LogP contribution in [0.5, 0.6) is 0 Å². The molecule has 7 heteroatoms. The van der Waals surface area contributed by atoms with Gasteiger partial charge in [-0.2, -0.15) is 5.26 Å². The van der Waals surface area contributed by atoms with Crippen LogP contribution < -0.4 is 10.6 Å². The number of nitrogens with zero attached hydrogens (tertiary/aromatic N) is 1. The van der Waals surface area contributed by atoms with Crippen molar-refractivity contribution < 1.29 is 19.1 Å². The van der Waals surface area contributed by atoms with Crippen molar-refractivity contribution in [3.63, 3.8) is 0 Å². The minimum absolute atomic E-state index is 0.0137. The lowest BCUT2D eigenvalue weighted by molar-refractivity contribution is -0.139. The van der Waals surface area contributed by atoms with E-state index in [1.807, 2.05) is 0 Å². The largest absolute Gasteiger partial charge is 0.480 e. The van der Waals surface area contributed by atoms with Crippen LogP contribution in [0.25, 0.3) is 0 Å². The van der Waals surface area contributed by atoms with Crippen LogP contribution in [-0.2, 0) is 4.79 Å². The molecule has 6 nitrogen and oxygen atoms in total. The summed E-state index contributed by atoms with van der Waals surface area (Å²) in [6.07, 6.45) is 0.205. The lowest BCUT2D eigenvalue weighted by Gasteiger charge is -2.13. The molecule has 100 valence electrons. The standard InChI is InChI=1S/C12H12FN3O3/c1-2-9(11(17)18)15-12(19)16-10-5-3-4-8(13)7(10)6-14/h3-5,9H,2H2,1H3,(H,17,18)(H2,15,16,19)/t9-/m0/s1. The van der Waals surface area contributed by atoms with Crippen LogP contribution >= 0.6 is 0 Å². The van der Waals surface area contributed by atoms with E-state index in [1.54, 1.807) is 13.0 Å². The predicted molar refractivity (Wildman–Crippen MR) is 65.0 cm³/mol. The van der Waals surface area contributed by atoms with Gasteiger partial charge < -0.3 is 15.7 Å². The molecule has 2 amide bonds. The second-order valence-electron chi connectivity index (χ2n) is 3.67. The summed E-state index contributed by atoms with van der Waals surface area (Å²) in [5.41, 5.74) is -0.318. The smallest absolute Gasteiger partial charge is 0.326 e. The Morgan fingerprint density at radius 3 is 2.74 bits per heavy atom. The van der Waals surface area contributed by atoms with Crippen molar-refractivity contribution in [2.75, 3.05) is 5.32 Å². The van der Waals surface area contributed by atoms with Crippen LogP contribution in [0, 0.1) is 17.1 Å². The summed E-state index contributed by atoms with van der Waals surface area (Å²) in [5.74, 6) is -1.93. The van der Waals surface area contributed by atoms with Gasteiger partial charge in [-0.15, -0.1) is 0 Å². The Balaban J connectivity index is 2.81. The number of halogens is 1. The van der Waals surface area contributed by atoms with Gasteiger partial charge in [0, 0.05) is 0 Å². The number of rotatable bonds is 4. The Labute approximate surface area is 108 Å². The monoisotopic (exact) mass is 265 g/mol. The molecule has 0 aromatic heterocycles. The van der Waals surface area contributed by atoms with Gasteiger partial charge in [-0.1, -0.05) is 13.0 Å². The Morgan fingerprint density at radius 1 is 1.53 bits per heavy atom. The molecule has 0 saturated heterocycles. The van der Waals surface area contributed by atoms with E-state index in [0.29, 0.717) is 0 Å². The maximum Gasteiger partial charge on any atom is 0.326 e. The van der Waals surface area contributed by atoms with E-state index in [2.05, 4.69) is 10.6 Å². The third kappa shape index (κ3) is 3.67. The molecule has 0 aliphatic rings. The highest BCUT2D eigenvalue weighted by molar-refractivity contribution is 5.93. The normalized spacial score (nSPS) is 11.2. The quantitative estimate of drug-likeness (QED) is 0.770. The van der Waals surface area contributed by atoms with Crippen molar-refractivity contribution in [1.29, 1.82) is 5.26 Å². The average Bonchev–Trinajstić information content (AvgIpc) is 2.36. The highest BCUT2D eigenvalue weighted by Gasteiger charge is 2.18. The van der Waals surface area contributed by atoms with E-state index in [4.69, 9.17) is 10.4 Å². The third-order valence-corrected chi connectivity index (χ3v) is 2.39. The number of urea groups is 1. The predicted octanol–water partition coefficient (Wildman–Crippen LogP) is 1.68. The van der Waals surface area contributed by atoms with E-state index in [1.165, 1.54) is 12.1 Å². The van der Waals surface area contributed by atoms with Gasteiger partial charge in [-0.25, -0.2) is 14.0 Å². The van der Waals surface area contributed by atoms with Gasteiger partial charge in [0.15, 0.2) is 0 Å². The van der Waals surface area contributed by atoms with Gasteiger partial charge in [0.25, 0.3) is 0 Å². The molecular weight excluding hydrogens is 253 g/mol. The van der Waals surface area contributed by atoms with Crippen molar-refractivity contribution >= 4 is 17.7 Å². The molecule has 1 atom stereocenters. The summed E-state index contributed by atoms with van der Waals surface area (Å²) in [4.78, 5) is 22.3. The van der Waals surface area contributed by atoms with Crippen molar-refractivity contribution in [2.24, 2.45) is 0 Å². The van der Waals surface area contributed by atoms with Gasteiger partial charge >= 0.3 is 12.0 Å². The Kier molecular flexibility index (Phi) is 4.83. The molecule has 0 heterocycles. The molecule has 0 aliphatic carbocycles. The summed E-state index contributed by atoms with van der Waals surface area (Å²) in [7, 11) is 0. The van der Waals surface area contributed by atoms with Crippen LogP contribution in [0.4, 0.5) is 14.9 Å². The number of aliphatic carboxylic acids is 1. The number of nitrogens with one attached hydrogen (secondary N) is 2. The molecule has 1 aromatic rings. The fraction of sp³-hybridized carbons (Fsp3) is 0.250. The Morgan fingerprint density at radius 2 is 2.21 bits per heavy atom. The molecular formula is C12H12FN3O3. The van der Waals surface area contributed by atoms with Gasteiger partial charge in [-0.3, -0.25) is 0 Å². The van der Waals surface area contributed by atoms with Crippen LogP contribution in [-0.4, -0.2) is 23.1 Å². The molecule has 0 bridgehead atoms. The molecule has 1 aromatic carbocycles. The van der Waals surface area contributed by atoms with Crippen molar-refractivity contribution in [1.82, 2.24) is 5.32 Å². The Bertz CT molecular complexity index is 540. The van der Waals surface area contributed by atoms with E-state index in [-0.39, 0.29) is 17.7 Å². The number of nitriles is 1. The summed E-state index contributed by atoms with van der Waals surface area (Å²) in [6.45, 7) is 1.60. The van der Waals surface area contributed by atoms with E-state index >= 15 is 0 Å². The first-order valence-corrected chi connectivity index (χ1v) is 5.48. The first-order valence-electron chi connectivity index (χ1n) is 5.48. The highest BCUT2D eigenvalue weighted by atomic mass is 19.1. The molecule has 3 N–H and O–H groups in total. The molecule has 0 aliphatic heterocycles. The molecule has 19 heavy (non-hydrogen) atoms. The Hall–Kier alpha value is -2.62. The lowest BCUT2D eigenvalue weighted by Crippen LogP contribution is -2.42. The fourth-order valence-corrected chi connectivity index (χ4v) is 1.40. The zero-order chi connectivity index (χ0) is 14.4. The van der Waals surface area contributed by atoms with E-state index in [9.17, 15) is 14.0 Å². The number of anilines is 1. The summed E-state index contributed by atoms with van der Waals surface area (Å²) < 4.78 is 13.3. The van der Waals surface area contributed by atoms with Crippen molar-refractivity contribution in [3.05, 3.63) is 29.6 Å². The SMILES string of the molecule is CC[C@H](NC(=O)Nc1cccc(F)c1C#N)C(=O)O. The van der Waals surface area contributed by atoms with E-state index < -0.39 is 23.9 Å². The first-order chi connectivity index (χ1) is 8.99. The molecule has 0 unspecified atom stereocenters. The molecule has 0 spiro atoms. The zero-order valence-electron chi connectivity index (χ0n) is 10.1. The van der Waals surface area contributed by atoms with Gasteiger partial charge in [0.1, 0.15) is 23.5 Å². The number of carboxylic acids is 1. The second kappa shape index (κ2) is 6.35. The van der Waals surface area contributed by atoms with Gasteiger partial charge in [-0.05, 0) is 18.6 Å². The van der Waals surface area contributed by atoms with Gasteiger partial charge in [0.2, 0.25) is 0 Å². The highest BCUT2D eigenvalue weighted by Crippen LogP contribution is 2.17. The summed E-state index contributed by atoms with van der Waals surface area (Å²) in [5, 5.41) is 22.0. The molecule has 0 radical (unpaired) electrons. The number of benzene rings is 1. The van der Waals surface area contributed by atoms with Crippen molar-refractivity contribution in [3.8, 4) is 6.07 Å². The maximum atomic E-state index is 13.3. The minimum Gasteiger partial charge on any atom is -0.480 e. The van der Waals surface area contributed by atoms with Gasteiger partial charge in [0.05, 0.1) is 5.69 Å². The number of carbonyl (C=O) groups excluding carboxylic acids is 1. The average molecular weight is 265 g/mol. The second-order valence-corrected chi connectivity index (χ2v) is 3.67. The van der Waals surface area contributed by atoms with Crippen LogP contribution in [0.1, 0.15) is 18.9 Å². The van der Waals surface area contributed by atoms with Crippen LogP contribution in [0.15, 0.2) is 18.2 Å². The topological polar surface area (TPSA) is 102 Å². The van der Waals surface area contributed by atoms with Crippen molar-refractivity contribution in [2.45, 2.75) is 19.4 Å². The lowest BCUT2D eigenvalue weighted by atomic mass is 10.2. The number of amides is 2. The number of carboxylic acid groups (broad SMARTS) is 1. The summed E-state index contributed by atoms with van der Waals surface area (Å²) >= 11 is 0. The fourth-order valence-electron chi connectivity index (χ4n) is 1.40. The number of hydrogen-bond donors (Lipinski definition) is 3.